The monoisotopic (exact) mass is 280 g/mol. The van der Waals surface area contributed by atoms with Crippen molar-refractivity contribution in [2.75, 3.05) is 6.54 Å². The molecule has 0 unspecified atom stereocenters. The summed E-state index contributed by atoms with van der Waals surface area (Å²) in [7, 11) is -3.74. The van der Waals surface area contributed by atoms with E-state index < -0.39 is 16.0 Å². The summed E-state index contributed by atoms with van der Waals surface area (Å²) in [6.45, 7) is -0.145. The van der Waals surface area contributed by atoms with E-state index in [0.29, 0.717) is 10.9 Å². The lowest BCUT2D eigenvalue weighted by atomic mass is 10.2. The zero-order chi connectivity index (χ0) is 13.9. The molecule has 1 aromatic heterocycles. The lowest BCUT2D eigenvalue weighted by molar-refractivity contribution is -0.136. The predicted molar refractivity (Wildman–Crippen MR) is 69.2 cm³/mol. The first kappa shape index (κ1) is 13.4. The van der Waals surface area contributed by atoms with Crippen LogP contribution < -0.4 is 4.72 Å². The van der Waals surface area contributed by atoms with E-state index in [-0.39, 0.29) is 17.9 Å². The standard InChI is InChI=1S/C12H12N2O4S/c15-12(16)6-8-14-19(17,18)11-5-1-4-10-9(11)3-2-7-13-10/h1-5,7,14H,6,8H2,(H,15,16). The SMILES string of the molecule is O=C(O)CCNS(=O)(=O)c1cccc2ncccc12. The molecule has 2 aromatic rings. The van der Waals surface area contributed by atoms with Crippen molar-refractivity contribution in [1.29, 1.82) is 0 Å². The van der Waals surface area contributed by atoms with Gasteiger partial charge in [0.15, 0.2) is 0 Å². The Morgan fingerprint density at radius 3 is 2.79 bits per heavy atom. The first-order chi connectivity index (χ1) is 9.00. The zero-order valence-electron chi connectivity index (χ0n) is 9.91. The maximum Gasteiger partial charge on any atom is 0.304 e. The maximum absolute atomic E-state index is 12.1. The molecule has 1 heterocycles. The molecule has 0 aliphatic heterocycles. The second-order valence-corrected chi connectivity index (χ2v) is 5.60. The molecule has 0 fully saturated rings. The number of carboxylic acid groups (broad SMARTS) is 1. The van der Waals surface area contributed by atoms with Gasteiger partial charge in [0.1, 0.15) is 0 Å². The maximum atomic E-state index is 12.1. The average Bonchev–Trinajstić information content (AvgIpc) is 2.37. The third-order valence-electron chi connectivity index (χ3n) is 2.53. The highest BCUT2D eigenvalue weighted by atomic mass is 32.2. The van der Waals surface area contributed by atoms with Crippen molar-refractivity contribution in [2.24, 2.45) is 0 Å². The van der Waals surface area contributed by atoms with Gasteiger partial charge in [-0.3, -0.25) is 9.78 Å². The summed E-state index contributed by atoms with van der Waals surface area (Å²) in [5.41, 5.74) is 0.573. The fraction of sp³-hybridized carbons (Fsp3) is 0.167. The minimum atomic E-state index is -3.74. The summed E-state index contributed by atoms with van der Waals surface area (Å²) in [6, 6.07) is 8.09. The van der Waals surface area contributed by atoms with Crippen LogP contribution in [0.5, 0.6) is 0 Å². The van der Waals surface area contributed by atoms with E-state index in [4.69, 9.17) is 5.11 Å². The molecule has 2 rings (SSSR count). The Morgan fingerprint density at radius 2 is 2.05 bits per heavy atom. The van der Waals surface area contributed by atoms with Crippen LogP contribution in [0.15, 0.2) is 41.4 Å². The Morgan fingerprint density at radius 1 is 1.26 bits per heavy atom. The Hall–Kier alpha value is -1.99. The fourth-order valence-electron chi connectivity index (χ4n) is 1.68. The lowest BCUT2D eigenvalue weighted by Gasteiger charge is -2.08. The van der Waals surface area contributed by atoms with Crippen LogP contribution in [0.25, 0.3) is 10.9 Å². The van der Waals surface area contributed by atoms with Gasteiger partial charge in [-0.1, -0.05) is 6.07 Å². The van der Waals surface area contributed by atoms with E-state index in [1.807, 2.05) is 0 Å². The minimum Gasteiger partial charge on any atom is -0.481 e. The van der Waals surface area contributed by atoms with E-state index >= 15 is 0 Å². The molecule has 2 N–H and O–H groups in total. The van der Waals surface area contributed by atoms with Crippen molar-refractivity contribution in [3.63, 3.8) is 0 Å². The minimum absolute atomic E-state index is 0.100. The van der Waals surface area contributed by atoms with Crippen molar-refractivity contribution >= 4 is 26.9 Å². The summed E-state index contributed by atoms with van der Waals surface area (Å²) in [5.74, 6) is -1.05. The number of carboxylic acids is 1. The third-order valence-corrected chi connectivity index (χ3v) is 4.05. The molecule has 0 amide bonds. The summed E-state index contributed by atoms with van der Waals surface area (Å²) in [6.07, 6.45) is 1.32. The second-order valence-electron chi connectivity index (χ2n) is 3.87. The van der Waals surface area contributed by atoms with E-state index in [0.717, 1.165) is 0 Å². The van der Waals surface area contributed by atoms with Gasteiger partial charge in [0.2, 0.25) is 10.0 Å². The van der Waals surface area contributed by atoms with Crippen molar-refractivity contribution < 1.29 is 18.3 Å². The number of fused-ring (bicyclic) bond motifs is 1. The second kappa shape index (κ2) is 5.33. The Bertz CT molecular complexity index is 707. The highest BCUT2D eigenvalue weighted by Gasteiger charge is 2.17. The van der Waals surface area contributed by atoms with Gasteiger partial charge >= 0.3 is 5.97 Å². The van der Waals surface area contributed by atoms with Crippen LogP contribution in [0, 0.1) is 0 Å². The molecule has 1 aromatic carbocycles. The van der Waals surface area contributed by atoms with Gasteiger partial charge in [0.05, 0.1) is 16.8 Å². The van der Waals surface area contributed by atoms with Gasteiger partial charge in [-0.05, 0) is 24.3 Å². The molecule has 6 nitrogen and oxygen atoms in total. The number of carbonyl (C=O) groups is 1. The van der Waals surface area contributed by atoms with Crippen molar-refractivity contribution in [3.05, 3.63) is 36.5 Å². The number of sulfonamides is 1. The van der Waals surface area contributed by atoms with E-state index in [2.05, 4.69) is 9.71 Å². The van der Waals surface area contributed by atoms with Crippen molar-refractivity contribution in [1.82, 2.24) is 9.71 Å². The molecule has 19 heavy (non-hydrogen) atoms. The quantitative estimate of drug-likeness (QED) is 0.851. The van der Waals surface area contributed by atoms with Gasteiger partial charge in [-0.15, -0.1) is 0 Å². The van der Waals surface area contributed by atoms with E-state index in [1.165, 1.54) is 6.07 Å². The molecule has 0 aliphatic rings. The predicted octanol–water partition coefficient (Wildman–Crippen LogP) is 0.988. The van der Waals surface area contributed by atoms with Gasteiger partial charge in [0.25, 0.3) is 0 Å². The number of hydrogen-bond acceptors (Lipinski definition) is 4. The fourth-order valence-corrected chi connectivity index (χ4v) is 2.93. The molecule has 0 aliphatic carbocycles. The Balaban J connectivity index is 2.35. The summed E-state index contributed by atoms with van der Waals surface area (Å²) in [5, 5.41) is 9.02. The molecule has 0 atom stereocenters. The topological polar surface area (TPSA) is 96.4 Å². The Labute approximate surface area is 110 Å². The van der Waals surface area contributed by atoms with E-state index in [9.17, 15) is 13.2 Å². The van der Waals surface area contributed by atoms with Gasteiger partial charge in [-0.2, -0.15) is 0 Å². The summed E-state index contributed by atoms with van der Waals surface area (Å²) >= 11 is 0. The number of rotatable bonds is 5. The first-order valence-corrected chi connectivity index (χ1v) is 7.04. The molecule has 7 heteroatoms. The largest absolute Gasteiger partial charge is 0.481 e. The van der Waals surface area contributed by atoms with Crippen LogP contribution in [-0.4, -0.2) is 31.0 Å². The number of nitrogens with one attached hydrogen (secondary N) is 1. The van der Waals surface area contributed by atoms with Crippen LogP contribution in [0.1, 0.15) is 6.42 Å². The molecule has 0 saturated carbocycles. The van der Waals surface area contributed by atoms with Gasteiger partial charge < -0.3 is 5.11 Å². The van der Waals surface area contributed by atoms with Crippen molar-refractivity contribution in [3.8, 4) is 0 Å². The first-order valence-electron chi connectivity index (χ1n) is 5.56. The van der Waals surface area contributed by atoms with E-state index in [1.54, 1.807) is 30.5 Å². The number of nitrogens with zero attached hydrogens (tertiary/aromatic N) is 1. The number of aliphatic carboxylic acids is 1. The number of aromatic nitrogens is 1. The van der Waals surface area contributed by atoms with Crippen LogP contribution in [0.2, 0.25) is 0 Å². The molecule has 0 saturated heterocycles. The molecule has 0 bridgehead atoms. The number of pyridine rings is 1. The van der Waals surface area contributed by atoms with Crippen LogP contribution in [0.3, 0.4) is 0 Å². The highest BCUT2D eigenvalue weighted by molar-refractivity contribution is 7.89. The normalized spacial score (nSPS) is 11.6. The summed E-state index contributed by atoms with van der Waals surface area (Å²) < 4.78 is 26.5. The van der Waals surface area contributed by atoms with Gasteiger partial charge in [0, 0.05) is 18.1 Å². The van der Waals surface area contributed by atoms with Crippen LogP contribution in [0.4, 0.5) is 0 Å². The van der Waals surface area contributed by atoms with Gasteiger partial charge in [-0.25, -0.2) is 13.1 Å². The van der Waals surface area contributed by atoms with Crippen LogP contribution in [-0.2, 0) is 14.8 Å². The molecule has 0 spiro atoms. The van der Waals surface area contributed by atoms with Crippen LogP contribution >= 0.6 is 0 Å². The summed E-state index contributed by atoms with van der Waals surface area (Å²) in [4.78, 5) is 14.6. The number of benzene rings is 1. The smallest absolute Gasteiger partial charge is 0.304 e. The Kier molecular flexibility index (Phi) is 3.77. The molecule has 100 valence electrons. The lowest BCUT2D eigenvalue weighted by Crippen LogP contribution is -2.26. The molecule has 0 radical (unpaired) electrons. The molecular formula is C12H12N2O4S. The number of hydrogen-bond donors (Lipinski definition) is 2. The zero-order valence-corrected chi connectivity index (χ0v) is 10.7. The van der Waals surface area contributed by atoms with Crippen molar-refractivity contribution in [2.45, 2.75) is 11.3 Å². The third kappa shape index (κ3) is 3.07. The molecular weight excluding hydrogens is 268 g/mol. The highest BCUT2D eigenvalue weighted by Crippen LogP contribution is 2.20. The average molecular weight is 280 g/mol.